The van der Waals surface area contributed by atoms with E-state index < -0.39 is 0 Å². The molecule has 132 valence electrons. The number of anilines is 1. The standard InChI is InChI=1S/C19H19N5OS/c1-14-18(26-13-22-14)16-6-5-15(12-21-16)19(25)24-10-8-23(9-11-24)17-4-2-3-7-20-17/h2-7,12-13H,8-11H2,1H3. The van der Waals surface area contributed by atoms with E-state index in [0.717, 1.165) is 35.2 Å². The highest BCUT2D eigenvalue weighted by Gasteiger charge is 2.23. The second-order valence-corrected chi connectivity index (χ2v) is 7.02. The highest BCUT2D eigenvalue weighted by molar-refractivity contribution is 7.13. The lowest BCUT2D eigenvalue weighted by atomic mass is 10.2. The van der Waals surface area contributed by atoms with Crippen molar-refractivity contribution in [3.05, 3.63) is 59.5 Å². The molecule has 0 bridgehead atoms. The average Bonchev–Trinajstić information content (AvgIpc) is 3.14. The second-order valence-electron chi connectivity index (χ2n) is 6.17. The summed E-state index contributed by atoms with van der Waals surface area (Å²) in [6.07, 6.45) is 3.47. The van der Waals surface area contributed by atoms with Gasteiger partial charge in [0, 0.05) is 38.6 Å². The molecule has 4 heterocycles. The van der Waals surface area contributed by atoms with E-state index in [1.165, 1.54) is 0 Å². The highest BCUT2D eigenvalue weighted by Crippen LogP contribution is 2.25. The van der Waals surface area contributed by atoms with Crippen LogP contribution in [-0.2, 0) is 0 Å². The number of hydrogen-bond donors (Lipinski definition) is 0. The van der Waals surface area contributed by atoms with E-state index in [0.29, 0.717) is 18.7 Å². The van der Waals surface area contributed by atoms with Crippen LogP contribution in [0.1, 0.15) is 16.1 Å². The first kappa shape index (κ1) is 16.7. The van der Waals surface area contributed by atoms with Gasteiger partial charge in [0.25, 0.3) is 5.91 Å². The smallest absolute Gasteiger partial charge is 0.255 e. The molecule has 1 aliphatic rings. The fourth-order valence-corrected chi connectivity index (χ4v) is 3.85. The molecule has 0 atom stereocenters. The van der Waals surface area contributed by atoms with Crippen LogP contribution in [0.3, 0.4) is 0 Å². The number of amides is 1. The number of rotatable bonds is 3. The van der Waals surface area contributed by atoms with Gasteiger partial charge in [-0.25, -0.2) is 9.97 Å². The minimum Gasteiger partial charge on any atom is -0.353 e. The van der Waals surface area contributed by atoms with Crippen LogP contribution in [0.4, 0.5) is 5.82 Å². The molecule has 0 N–H and O–H groups in total. The minimum atomic E-state index is 0.0331. The largest absolute Gasteiger partial charge is 0.353 e. The summed E-state index contributed by atoms with van der Waals surface area (Å²) in [5, 5.41) is 0. The summed E-state index contributed by atoms with van der Waals surface area (Å²) in [5.74, 6) is 0.997. The normalized spacial score (nSPS) is 14.5. The van der Waals surface area contributed by atoms with Gasteiger partial charge in [0.1, 0.15) is 5.82 Å². The van der Waals surface area contributed by atoms with E-state index in [2.05, 4.69) is 19.9 Å². The predicted octanol–water partition coefficient (Wildman–Crippen LogP) is 2.87. The van der Waals surface area contributed by atoms with Crippen molar-refractivity contribution in [1.29, 1.82) is 0 Å². The summed E-state index contributed by atoms with van der Waals surface area (Å²) in [5.41, 5.74) is 4.27. The number of aromatic nitrogens is 3. The molecule has 3 aromatic heterocycles. The zero-order chi connectivity index (χ0) is 17.9. The number of carbonyl (C=O) groups is 1. The predicted molar refractivity (Wildman–Crippen MR) is 102 cm³/mol. The average molecular weight is 365 g/mol. The molecule has 3 aromatic rings. The van der Waals surface area contributed by atoms with E-state index in [1.54, 1.807) is 23.7 Å². The van der Waals surface area contributed by atoms with Gasteiger partial charge >= 0.3 is 0 Å². The number of aryl methyl sites for hydroxylation is 1. The van der Waals surface area contributed by atoms with E-state index in [1.807, 2.05) is 47.7 Å². The van der Waals surface area contributed by atoms with Crippen molar-refractivity contribution in [3.8, 4) is 10.6 Å². The van der Waals surface area contributed by atoms with Crippen LogP contribution in [-0.4, -0.2) is 51.9 Å². The van der Waals surface area contributed by atoms with Gasteiger partial charge < -0.3 is 9.80 Å². The van der Waals surface area contributed by atoms with Crippen molar-refractivity contribution in [1.82, 2.24) is 19.9 Å². The minimum absolute atomic E-state index is 0.0331. The first-order chi connectivity index (χ1) is 12.7. The highest BCUT2D eigenvalue weighted by atomic mass is 32.1. The van der Waals surface area contributed by atoms with E-state index in [-0.39, 0.29) is 5.91 Å². The quantitative estimate of drug-likeness (QED) is 0.714. The molecule has 0 saturated carbocycles. The molecule has 0 aromatic carbocycles. The second kappa shape index (κ2) is 7.21. The third-order valence-electron chi connectivity index (χ3n) is 4.53. The number of nitrogens with zero attached hydrogens (tertiary/aromatic N) is 5. The molecule has 7 heteroatoms. The fraction of sp³-hybridized carbons (Fsp3) is 0.263. The maximum absolute atomic E-state index is 12.7. The zero-order valence-electron chi connectivity index (χ0n) is 14.5. The molecule has 1 saturated heterocycles. The van der Waals surface area contributed by atoms with Crippen molar-refractivity contribution in [2.45, 2.75) is 6.92 Å². The van der Waals surface area contributed by atoms with Gasteiger partial charge in [-0.2, -0.15) is 0 Å². The number of piperazine rings is 1. The summed E-state index contributed by atoms with van der Waals surface area (Å²) in [4.78, 5) is 31.0. The molecular formula is C19H19N5OS. The molecular weight excluding hydrogens is 346 g/mol. The monoisotopic (exact) mass is 365 g/mol. The van der Waals surface area contributed by atoms with Gasteiger partial charge in [0.15, 0.2) is 0 Å². The van der Waals surface area contributed by atoms with Gasteiger partial charge in [0.2, 0.25) is 0 Å². The van der Waals surface area contributed by atoms with Crippen LogP contribution in [0.5, 0.6) is 0 Å². The Kier molecular flexibility index (Phi) is 4.62. The lowest BCUT2D eigenvalue weighted by Gasteiger charge is -2.35. The topological polar surface area (TPSA) is 62.2 Å². The van der Waals surface area contributed by atoms with Crippen molar-refractivity contribution < 1.29 is 4.79 Å². The Morgan fingerprint density at radius 2 is 1.88 bits per heavy atom. The van der Waals surface area contributed by atoms with E-state index in [9.17, 15) is 4.79 Å². The molecule has 0 aliphatic carbocycles. The lowest BCUT2D eigenvalue weighted by Crippen LogP contribution is -2.49. The number of carbonyl (C=O) groups excluding carboxylic acids is 1. The molecule has 1 aliphatic heterocycles. The molecule has 0 spiro atoms. The van der Waals surface area contributed by atoms with Gasteiger partial charge in [0.05, 0.1) is 27.3 Å². The Labute approximate surface area is 156 Å². The van der Waals surface area contributed by atoms with Gasteiger partial charge in [-0.05, 0) is 31.2 Å². The Hall–Kier alpha value is -2.80. The molecule has 0 unspecified atom stereocenters. The fourth-order valence-electron chi connectivity index (χ4n) is 3.06. The zero-order valence-corrected chi connectivity index (χ0v) is 15.3. The molecule has 1 amide bonds. The van der Waals surface area contributed by atoms with Crippen molar-refractivity contribution >= 4 is 23.1 Å². The SMILES string of the molecule is Cc1ncsc1-c1ccc(C(=O)N2CCN(c3ccccn3)CC2)cn1. The van der Waals surface area contributed by atoms with Crippen molar-refractivity contribution in [2.75, 3.05) is 31.1 Å². The molecule has 26 heavy (non-hydrogen) atoms. The van der Waals surface area contributed by atoms with Crippen molar-refractivity contribution in [3.63, 3.8) is 0 Å². The third-order valence-corrected chi connectivity index (χ3v) is 5.48. The Morgan fingerprint density at radius 1 is 1.04 bits per heavy atom. The summed E-state index contributed by atoms with van der Waals surface area (Å²) in [6.45, 7) is 4.91. The summed E-state index contributed by atoms with van der Waals surface area (Å²) in [7, 11) is 0. The Balaban J connectivity index is 1.41. The Morgan fingerprint density at radius 3 is 2.50 bits per heavy atom. The number of pyridine rings is 2. The van der Waals surface area contributed by atoms with Crippen LogP contribution >= 0.6 is 11.3 Å². The van der Waals surface area contributed by atoms with Crippen LogP contribution in [0.2, 0.25) is 0 Å². The van der Waals surface area contributed by atoms with E-state index >= 15 is 0 Å². The maximum Gasteiger partial charge on any atom is 0.255 e. The van der Waals surface area contributed by atoms with Gasteiger partial charge in [-0.15, -0.1) is 11.3 Å². The molecule has 6 nitrogen and oxygen atoms in total. The summed E-state index contributed by atoms with van der Waals surface area (Å²) in [6, 6.07) is 9.65. The summed E-state index contributed by atoms with van der Waals surface area (Å²) < 4.78 is 0. The number of thiazole rings is 1. The molecule has 0 radical (unpaired) electrons. The van der Waals surface area contributed by atoms with Gasteiger partial charge in [-0.1, -0.05) is 6.07 Å². The van der Waals surface area contributed by atoms with Crippen LogP contribution in [0.15, 0.2) is 48.2 Å². The van der Waals surface area contributed by atoms with Crippen LogP contribution in [0, 0.1) is 6.92 Å². The van der Waals surface area contributed by atoms with Gasteiger partial charge in [-0.3, -0.25) is 9.78 Å². The van der Waals surface area contributed by atoms with E-state index in [4.69, 9.17) is 0 Å². The molecule has 1 fully saturated rings. The molecule has 4 rings (SSSR count). The summed E-state index contributed by atoms with van der Waals surface area (Å²) >= 11 is 1.56. The van der Waals surface area contributed by atoms with Crippen LogP contribution < -0.4 is 4.90 Å². The maximum atomic E-state index is 12.7. The Bertz CT molecular complexity index is 886. The van der Waals surface area contributed by atoms with Crippen LogP contribution in [0.25, 0.3) is 10.6 Å². The van der Waals surface area contributed by atoms with Crippen molar-refractivity contribution in [2.24, 2.45) is 0 Å². The third kappa shape index (κ3) is 3.30. The number of hydrogen-bond acceptors (Lipinski definition) is 6. The first-order valence-electron chi connectivity index (χ1n) is 8.54. The first-order valence-corrected chi connectivity index (χ1v) is 9.42. The lowest BCUT2D eigenvalue weighted by molar-refractivity contribution is 0.0746.